The van der Waals surface area contributed by atoms with Gasteiger partial charge in [0.25, 0.3) is 5.91 Å². The third kappa shape index (κ3) is 4.59. The molecule has 0 radical (unpaired) electrons. The lowest BCUT2D eigenvalue weighted by molar-refractivity contribution is -0.118. The molecule has 3 rings (SSSR count). The molecule has 2 N–H and O–H groups in total. The summed E-state index contributed by atoms with van der Waals surface area (Å²) in [6.07, 6.45) is 0.634. The van der Waals surface area contributed by atoms with Crippen LogP contribution in [-0.4, -0.2) is 31.1 Å². The van der Waals surface area contributed by atoms with Crippen molar-refractivity contribution in [1.29, 1.82) is 0 Å². The summed E-state index contributed by atoms with van der Waals surface area (Å²) in [7, 11) is 1.33. The van der Waals surface area contributed by atoms with Gasteiger partial charge >= 0.3 is 5.97 Å². The van der Waals surface area contributed by atoms with Crippen LogP contribution in [0.3, 0.4) is 0 Å². The molecule has 0 saturated carbocycles. The first-order chi connectivity index (χ1) is 13.5. The van der Waals surface area contributed by atoms with Gasteiger partial charge in [0.2, 0.25) is 0 Å². The van der Waals surface area contributed by atoms with Gasteiger partial charge in [-0.1, -0.05) is 0 Å². The van der Waals surface area contributed by atoms with Gasteiger partial charge in [0.05, 0.1) is 12.7 Å². The van der Waals surface area contributed by atoms with E-state index in [2.05, 4.69) is 24.5 Å². The number of anilines is 1. The molecule has 6 nitrogen and oxygen atoms in total. The topological polar surface area (TPSA) is 76.7 Å². The number of methoxy groups -OCH3 is 1. The lowest BCUT2D eigenvalue weighted by Gasteiger charge is -2.42. The third-order valence-electron chi connectivity index (χ3n) is 4.67. The largest absolute Gasteiger partial charge is 0.484 e. The molecule has 29 heavy (non-hydrogen) atoms. The van der Waals surface area contributed by atoms with Gasteiger partial charge in [-0.05, 0) is 63.9 Å². The Bertz CT molecular complexity index is 935. The van der Waals surface area contributed by atoms with Crippen LogP contribution in [0.5, 0.6) is 5.75 Å². The summed E-state index contributed by atoms with van der Waals surface area (Å²) in [6.45, 7) is 7.99. The van der Waals surface area contributed by atoms with Crippen molar-refractivity contribution in [3.8, 4) is 5.75 Å². The molecule has 8 heteroatoms. The first kappa shape index (κ1) is 21.3. The summed E-state index contributed by atoms with van der Waals surface area (Å²) in [6, 6.07) is 5.41. The van der Waals surface area contributed by atoms with E-state index in [1.807, 2.05) is 13.8 Å². The number of hydrogen-bond donors (Lipinski definition) is 2. The molecule has 1 aliphatic rings. The number of hydrogen-bond acceptors (Lipinski definition) is 6. The van der Waals surface area contributed by atoms with E-state index in [-0.39, 0.29) is 23.5 Å². The fourth-order valence-corrected chi connectivity index (χ4v) is 5.06. The highest BCUT2D eigenvalue weighted by molar-refractivity contribution is 7.17. The number of carbonyl (C=O) groups excluding carboxylic acids is 2. The molecule has 1 amide bonds. The Balaban J connectivity index is 1.85. The van der Waals surface area contributed by atoms with E-state index in [1.165, 1.54) is 42.7 Å². The van der Waals surface area contributed by atoms with E-state index in [9.17, 15) is 14.0 Å². The van der Waals surface area contributed by atoms with Gasteiger partial charge in [0.15, 0.2) is 6.61 Å². The summed E-state index contributed by atoms with van der Waals surface area (Å²) in [5.74, 6) is -0.894. The Labute approximate surface area is 173 Å². The quantitative estimate of drug-likeness (QED) is 0.719. The van der Waals surface area contributed by atoms with Gasteiger partial charge in [-0.3, -0.25) is 4.79 Å². The number of nitrogens with one attached hydrogen (secondary N) is 2. The van der Waals surface area contributed by atoms with E-state index < -0.39 is 11.9 Å². The highest BCUT2D eigenvalue weighted by Crippen LogP contribution is 2.45. The number of benzene rings is 1. The van der Waals surface area contributed by atoms with Crippen LogP contribution in [-0.2, 0) is 21.5 Å². The van der Waals surface area contributed by atoms with Gasteiger partial charge in [0, 0.05) is 16.0 Å². The third-order valence-corrected chi connectivity index (χ3v) is 6.14. The highest BCUT2D eigenvalue weighted by atomic mass is 32.1. The molecule has 2 aromatic rings. The molecule has 2 heterocycles. The van der Waals surface area contributed by atoms with E-state index in [4.69, 9.17) is 9.47 Å². The second kappa shape index (κ2) is 7.76. The lowest BCUT2D eigenvalue weighted by Crippen LogP contribution is -2.55. The monoisotopic (exact) mass is 420 g/mol. The van der Waals surface area contributed by atoms with Crippen molar-refractivity contribution in [3.05, 3.63) is 46.1 Å². The van der Waals surface area contributed by atoms with Gasteiger partial charge in [-0.2, -0.15) is 0 Å². The second-order valence-electron chi connectivity index (χ2n) is 8.21. The number of carbonyl (C=O) groups is 2. The van der Waals surface area contributed by atoms with Gasteiger partial charge in [-0.15, -0.1) is 11.3 Å². The molecule has 0 saturated heterocycles. The summed E-state index contributed by atoms with van der Waals surface area (Å²) in [5.41, 5.74) is 0.710. The molecule has 0 aliphatic carbocycles. The maximum atomic E-state index is 13.0. The van der Waals surface area contributed by atoms with Crippen LogP contribution in [0.15, 0.2) is 24.3 Å². The number of amides is 1. The van der Waals surface area contributed by atoms with Gasteiger partial charge in [0.1, 0.15) is 16.6 Å². The molecule has 0 atom stereocenters. The van der Waals surface area contributed by atoms with Crippen LogP contribution < -0.4 is 15.4 Å². The molecule has 0 fully saturated rings. The molecule has 1 aliphatic heterocycles. The van der Waals surface area contributed by atoms with Gasteiger partial charge in [-0.25, -0.2) is 9.18 Å². The van der Waals surface area contributed by atoms with Crippen LogP contribution in [0.4, 0.5) is 9.39 Å². The summed E-state index contributed by atoms with van der Waals surface area (Å²) < 4.78 is 23.4. The number of rotatable bonds is 5. The van der Waals surface area contributed by atoms with Crippen molar-refractivity contribution in [2.75, 3.05) is 19.0 Å². The molecule has 156 valence electrons. The SMILES string of the molecule is COC(=O)c1c(NC(=O)COc2ccc(F)cc2)sc2c1CC(C)(C)NC2(C)C. The number of ether oxygens (including phenoxy) is 2. The average molecular weight is 421 g/mol. The molecule has 0 unspecified atom stereocenters. The Morgan fingerprint density at radius 3 is 2.48 bits per heavy atom. The first-order valence-corrected chi connectivity index (χ1v) is 10.1. The zero-order valence-corrected chi connectivity index (χ0v) is 18.0. The van der Waals surface area contributed by atoms with Crippen LogP contribution >= 0.6 is 11.3 Å². The standard InChI is InChI=1S/C21H25FN2O4S/c1-20(2)10-14-16(19(26)27-5)18(29-17(14)21(3,4)24-20)23-15(25)11-28-13-8-6-12(22)7-9-13/h6-9,24H,10-11H2,1-5H3,(H,23,25). The van der Waals surface area contributed by atoms with Crippen LogP contribution in [0.2, 0.25) is 0 Å². The number of halogens is 1. The van der Waals surface area contributed by atoms with Crippen molar-refractivity contribution in [1.82, 2.24) is 5.32 Å². The Hall–Kier alpha value is -2.45. The molecular weight excluding hydrogens is 395 g/mol. The van der Waals surface area contributed by atoms with E-state index >= 15 is 0 Å². The van der Waals surface area contributed by atoms with Crippen LogP contribution in [0.1, 0.15) is 48.5 Å². The van der Waals surface area contributed by atoms with Crippen molar-refractivity contribution >= 4 is 28.2 Å². The minimum Gasteiger partial charge on any atom is -0.484 e. The summed E-state index contributed by atoms with van der Waals surface area (Å²) in [5, 5.41) is 6.81. The van der Waals surface area contributed by atoms with Gasteiger partial charge < -0.3 is 20.1 Å². The maximum Gasteiger partial charge on any atom is 0.341 e. The zero-order chi connectivity index (χ0) is 21.4. The second-order valence-corrected chi connectivity index (χ2v) is 9.23. The van der Waals surface area contributed by atoms with Crippen LogP contribution in [0.25, 0.3) is 0 Å². The summed E-state index contributed by atoms with van der Waals surface area (Å²) >= 11 is 1.36. The fraction of sp³-hybridized carbons (Fsp3) is 0.429. The highest BCUT2D eigenvalue weighted by Gasteiger charge is 2.42. The predicted molar refractivity (Wildman–Crippen MR) is 110 cm³/mol. The van der Waals surface area contributed by atoms with Crippen molar-refractivity contribution < 1.29 is 23.5 Å². The molecule has 1 aromatic heterocycles. The molecular formula is C21H25FN2O4S. The van der Waals surface area contributed by atoms with Crippen molar-refractivity contribution in [3.63, 3.8) is 0 Å². The minimum atomic E-state index is -0.481. The maximum absolute atomic E-state index is 13.0. The van der Waals surface area contributed by atoms with Crippen LogP contribution in [0, 0.1) is 5.82 Å². The Morgan fingerprint density at radius 1 is 1.21 bits per heavy atom. The Kier molecular flexibility index (Phi) is 5.69. The number of thiophene rings is 1. The minimum absolute atomic E-state index is 0.215. The van der Waals surface area contributed by atoms with E-state index in [0.717, 1.165) is 10.4 Å². The number of esters is 1. The van der Waals surface area contributed by atoms with Crippen molar-refractivity contribution in [2.24, 2.45) is 0 Å². The first-order valence-electron chi connectivity index (χ1n) is 9.24. The average Bonchev–Trinajstić information content (AvgIpc) is 2.97. The molecule has 1 aromatic carbocycles. The Morgan fingerprint density at radius 2 is 1.86 bits per heavy atom. The molecule has 0 spiro atoms. The van der Waals surface area contributed by atoms with E-state index in [0.29, 0.717) is 22.7 Å². The predicted octanol–water partition coefficient (Wildman–Crippen LogP) is 3.85. The normalized spacial score (nSPS) is 16.6. The summed E-state index contributed by atoms with van der Waals surface area (Å²) in [4.78, 5) is 26.0. The van der Waals surface area contributed by atoms with E-state index in [1.54, 1.807) is 0 Å². The number of fused-ring (bicyclic) bond motifs is 1. The van der Waals surface area contributed by atoms with Crippen molar-refractivity contribution in [2.45, 2.75) is 45.2 Å². The smallest absolute Gasteiger partial charge is 0.341 e. The lowest BCUT2D eigenvalue weighted by atomic mass is 9.81. The molecule has 0 bridgehead atoms. The zero-order valence-electron chi connectivity index (χ0n) is 17.1. The fourth-order valence-electron chi connectivity index (χ4n) is 3.78.